The van der Waals surface area contributed by atoms with E-state index in [1.807, 2.05) is 12.1 Å². The lowest BCUT2D eigenvalue weighted by molar-refractivity contribution is 0.0955. The van der Waals surface area contributed by atoms with Gasteiger partial charge in [0, 0.05) is 30.7 Å². The standard InChI is InChI=1S/C20H32N4O.3ClH/c21-12-13-22-20(25)15-10-11-18(23-16-6-2-1-3-7-16)19(14-15)24-17-8-4-5-9-17;;;/h10-11,14,16-17,23-24H,1-9,12-13,21H2,(H,22,25);3*1H. The molecule has 8 heteroatoms. The lowest BCUT2D eigenvalue weighted by atomic mass is 9.95. The summed E-state index contributed by atoms with van der Waals surface area (Å²) < 4.78 is 0. The Hall–Kier alpha value is -0.880. The van der Waals surface area contributed by atoms with Gasteiger partial charge in [-0.3, -0.25) is 4.79 Å². The second-order valence-electron chi connectivity index (χ2n) is 7.41. The Bertz CT molecular complexity index is 577. The zero-order chi connectivity index (χ0) is 17.5. The van der Waals surface area contributed by atoms with Crippen molar-refractivity contribution in [3.05, 3.63) is 23.8 Å². The minimum Gasteiger partial charge on any atom is -0.381 e. The zero-order valence-corrected chi connectivity index (χ0v) is 18.8. The molecule has 1 amide bonds. The number of carbonyl (C=O) groups is 1. The third-order valence-electron chi connectivity index (χ3n) is 5.39. The third kappa shape index (κ3) is 7.86. The lowest BCUT2D eigenvalue weighted by Crippen LogP contribution is -2.29. The molecule has 2 aliphatic carbocycles. The average molecular weight is 454 g/mol. The Balaban J connectivity index is 0.00000243. The van der Waals surface area contributed by atoms with E-state index in [4.69, 9.17) is 5.73 Å². The maximum Gasteiger partial charge on any atom is 0.251 e. The molecule has 3 rings (SSSR count). The van der Waals surface area contributed by atoms with Crippen molar-refractivity contribution in [2.75, 3.05) is 23.7 Å². The number of nitrogens with one attached hydrogen (secondary N) is 3. The van der Waals surface area contributed by atoms with E-state index in [0.29, 0.717) is 30.7 Å². The third-order valence-corrected chi connectivity index (χ3v) is 5.39. The summed E-state index contributed by atoms with van der Waals surface area (Å²) in [6, 6.07) is 7.04. The van der Waals surface area contributed by atoms with Gasteiger partial charge in [-0.1, -0.05) is 32.1 Å². The fourth-order valence-corrected chi connectivity index (χ4v) is 3.98. The number of halogens is 3. The first-order valence-corrected chi connectivity index (χ1v) is 9.91. The number of anilines is 2. The molecule has 2 saturated carbocycles. The maximum atomic E-state index is 12.3. The molecule has 2 fully saturated rings. The van der Waals surface area contributed by atoms with Gasteiger partial charge in [0.2, 0.25) is 0 Å². The van der Waals surface area contributed by atoms with Crippen LogP contribution in [0.2, 0.25) is 0 Å². The second-order valence-corrected chi connectivity index (χ2v) is 7.41. The van der Waals surface area contributed by atoms with Gasteiger partial charge in [0.15, 0.2) is 0 Å². The molecule has 0 saturated heterocycles. The van der Waals surface area contributed by atoms with Crippen LogP contribution in [0.3, 0.4) is 0 Å². The van der Waals surface area contributed by atoms with Crippen LogP contribution in [0.15, 0.2) is 18.2 Å². The average Bonchev–Trinajstić information content (AvgIpc) is 3.15. The van der Waals surface area contributed by atoms with Gasteiger partial charge in [-0.15, -0.1) is 37.2 Å². The van der Waals surface area contributed by atoms with Crippen molar-refractivity contribution in [3.63, 3.8) is 0 Å². The molecule has 0 unspecified atom stereocenters. The molecule has 1 aromatic rings. The van der Waals surface area contributed by atoms with E-state index in [1.54, 1.807) is 0 Å². The SMILES string of the molecule is Cl.Cl.Cl.NCCNC(=O)c1ccc(NC2CCCCC2)c(NC2CCCC2)c1. The number of carbonyl (C=O) groups excluding carboxylic acids is 1. The van der Waals surface area contributed by atoms with Gasteiger partial charge in [0.25, 0.3) is 5.91 Å². The summed E-state index contributed by atoms with van der Waals surface area (Å²) in [6.45, 7) is 0.965. The summed E-state index contributed by atoms with van der Waals surface area (Å²) in [5.74, 6) is -0.0517. The normalized spacial score (nSPS) is 16.9. The molecule has 5 nitrogen and oxygen atoms in total. The van der Waals surface area contributed by atoms with E-state index in [0.717, 1.165) is 11.4 Å². The molecule has 0 spiro atoms. The Labute approximate surface area is 187 Å². The van der Waals surface area contributed by atoms with Crippen LogP contribution in [0.1, 0.15) is 68.1 Å². The zero-order valence-electron chi connectivity index (χ0n) is 16.4. The molecule has 0 atom stereocenters. The van der Waals surface area contributed by atoms with Gasteiger partial charge < -0.3 is 21.7 Å². The molecule has 1 aromatic carbocycles. The summed E-state index contributed by atoms with van der Waals surface area (Å²) in [7, 11) is 0. The number of rotatable bonds is 7. The molecule has 5 N–H and O–H groups in total. The largest absolute Gasteiger partial charge is 0.381 e. The first kappa shape index (κ1) is 27.1. The van der Waals surface area contributed by atoms with Crippen LogP contribution < -0.4 is 21.7 Å². The first-order valence-electron chi connectivity index (χ1n) is 9.91. The molecule has 0 radical (unpaired) electrons. The Kier molecular flexibility index (Phi) is 13.7. The highest BCUT2D eigenvalue weighted by atomic mass is 35.5. The fourth-order valence-electron chi connectivity index (χ4n) is 3.98. The lowest BCUT2D eigenvalue weighted by Gasteiger charge is -2.26. The molecular formula is C20H35Cl3N4O. The van der Waals surface area contributed by atoms with Crippen LogP contribution >= 0.6 is 37.2 Å². The van der Waals surface area contributed by atoms with Crippen molar-refractivity contribution in [2.24, 2.45) is 5.73 Å². The molecule has 0 aliphatic heterocycles. The van der Waals surface area contributed by atoms with E-state index in [9.17, 15) is 4.79 Å². The molecule has 2 aliphatic rings. The van der Waals surface area contributed by atoms with E-state index < -0.39 is 0 Å². The van der Waals surface area contributed by atoms with E-state index >= 15 is 0 Å². The Morgan fingerprint density at radius 1 is 0.857 bits per heavy atom. The number of hydrogen-bond donors (Lipinski definition) is 4. The van der Waals surface area contributed by atoms with Crippen molar-refractivity contribution in [2.45, 2.75) is 69.9 Å². The Morgan fingerprint density at radius 3 is 1.96 bits per heavy atom. The fraction of sp³-hybridized carbons (Fsp3) is 0.650. The quantitative estimate of drug-likeness (QED) is 0.481. The van der Waals surface area contributed by atoms with Crippen LogP contribution in [-0.4, -0.2) is 31.1 Å². The maximum absolute atomic E-state index is 12.3. The summed E-state index contributed by atoms with van der Waals surface area (Å²) in [5, 5.41) is 10.3. The molecule has 0 heterocycles. The minimum atomic E-state index is -0.0517. The van der Waals surface area contributed by atoms with Gasteiger partial charge in [-0.2, -0.15) is 0 Å². The molecule has 28 heavy (non-hydrogen) atoms. The van der Waals surface area contributed by atoms with Crippen LogP contribution in [0.5, 0.6) is 0 Å². The van der Waals surface area contributed by atoms with Crippen molar-refractivity contribution >= 4 is 54.5 Å². The van der Waals surface area contributed by atoms with E-state index in [-0.39, 0.29) is 43.1 Å². The van der Waals surface area contributed by atoms with Crippen LogP contribution in [-0.2, 0) is 0 Å². The number of benzene rings is 1. The van der Waals surface area contributed by atoms with E-state index in [2.05, 4.69) is 22.0 Å². The summed E-state index contributed by atoms with van der Waals surface area (Å²) in [6.07, 6.45) is 11.5. The van der Waals surface area contributed by atoms with Crippen molar-refractivity contribution in [1.29, 1.82) is 0 Å². The first-order chi connectivity index (χ1) is 12.3. The summed E-state index contributed by atoms with van der Waals surface area (Å²) >= 11 is 0. The molecule has 0 aromatic heterocycles. The highest BCUT2D eigenvalue weighted by molar-refractivity contribution is 5.96. The van der Waals surface area contributed by atoms with Gasteiger partial charge in [-0.05, 0) is 43.9 Å². The molecule has 162 valence electrons. The Morgan fingerprint density at radius 2 is 1.39 bits per heavy atom. The molecule has 0 bridgehead atoms. The monoisotopic (exact) mass is 452 g/mol. The van der Waals surface area contributed by atoms with Crippen molar-refractivity contribution in [1.82, 2.24) is 5.32 Å². The van der Waals surface area contributed by atoms with Crippen LogP contribution in [0, 0.1) is 0 Å². The van der Waals surface area contributed by atoms with Gasteiger partial charge >= 0.3 is 0 Å². The number of hydrogen-bond acceptors (Lipinski definition) is 4. The predicted molar refractivity (Wildman–Crippen MR) is 126 cm³/mol. The smallest absolute Gasteiger partial charge is 0.251 e. The van der Waals surface area contributed by atoms with E-state index in [1.165, 1.54) is 57.8 Å². The topological polar surface area (TPSA) is 79.2 Å². The number of amides is 1. The van der Waals surface area contributed by atoms with Gasteiger partial charge in [-0.25, -0.2) is 0 Å². The predicted octanol–water partition coefficient (Wildman–Crippen LogP) is 4.74. The minimum absolute atomic E-state index is 0. The second kappa shape index (κ2) is 14.2. The summed E-state index contributed by atoms with van der Waals surface area (Å²) in [4.78, 5) is 12.3. The van der Waals surface area contributed by atoms with Crippen molar-refractivity contribution < 1.29 is 4.79 Å². The molecular weight excluding hydrogens is 419 g/mol. The highest BCUT2D eigenvalue weighted by Crippen LogP contribution is 2.31. The van der Waals surface area contributed by atoms with Gasteiger partial charge in [0.1, 0.15) is 0 Å². The number of nitrogens with two attached hydrogens (primary N) is 1. The summed E-state index contributed by atoms with van der Waals surface area (Å²) in [5.41, 5.74) is 8.38. The van der Waals surface area contributed by atoms with Crippen LogP contribution in [0.4, 0.5) is 11.4 Å². The van der Waals surface area contributed by atoms with Gasteiger partial charge in [0.05, 0.1) is 11.4 Å². The van der Waals surface area contributed by atoms with Crippen molar-refractivity contribution in [3.8, 4) is 0 Å². The van der Waals surface area contributed by atoms with Crippen LogP contribution in [0.25, 0.3) is 0 Å². The highest BCUT2D eigenvalue weighted by Gasteiger charge is 2.19.